The summed E-state index contributed by atoms with van der Waals surface area (Å²) in [6, 6.07) is 0.119. The van der Waals surface area contributed by atoms with E-state index in [1.54, 1.807) is 6.20 Å². The third-order valence-electron chi connectivity index (χ3n) is 2.78. The molecule has 1 aromatic rings. The number of carbonyl (C=O) groups is 1. The average Bonchev–Trinajstić information content (AvgIpc) is 2.77. The third kappa shape index (κ3) is 2.80. The van der Waals surface area contributed by atoms with Gasteiger partial charge in [0.15, 0.2) is 0 Å². The van der Waals surface area contributed by atoms with Crippen molar-refractivity contribution < 1.29 is 9.53 Å². The number of ether oxygens (including phenoxy) is 1. The molecule has 1 aliphatic rings. The van der Waals surface area contributed by atoms with Crippen molar-refractivity contribution in [1.29, 1.82) is 0 Å². The molecule has 1 unspecified atom stereocenters. The van der Waals surface area contributed by atoms with Gasteiger partial charge < -0.3 is 15.4 Å². The minimum absolute atomic E-state index is 0.0364. The Morgan fingerprint density at radius 3 is 3.18 bits per heavy atom. The molecule has 94 valence electrons. The van der Waals surface area contributed by atoms with Gasteiger partial charge in [-0.25, -0.2) is 4.68 Å². The average molecular weight is 239 g/mol. The lowest BCUT2D eigenvalue weighted by Gasteiger charge is -2.33. The lowest BCUT2D eigenvalue weighted by molar-refractivity contribution is -0.139. The van der Waals surface area contributed by atoms with Crippen molar-refractivity contribution in [1.82, 2.24) is 19.9 Å². The zero-order valence-corrected chi connectivity index (χ0v) is 9.87. The molecular weight excluding hydrogens is 222 g/mol. The van der Waals surface area contributed by atoms with Crippen LogP contribution in [0.3, 0.4) is 0 Å². The van der Waals surface area contributed by atoms with Crippen LogP contribution in [-0.2, 0) is 22.6 Å². The van der Waals surface area contributed by atoms with E-state index in [9.17, 15) is 4.79 Å². The van der Waals surface area contributed by atoms with Crippen molar-refractivity contribution in [3.8, 4) is 0 Å². The maximum atomic E-state index is 12.0. The number of morpholine rings is 1. The Morgan fingerprint density at radius 2 is 2.53 bits per heavy atom. The van der Waals surface area contributed by atoms with E-state index >= 15 is 0 Å². The van der Waals surface area contributed by atoms with Crippen LogP contribution < -0.4 is 5.73 Å². The summed E-state index contributed by atoms with van der Waals surface area (Å²) in [5.41, 5.74) is 6.12. The summed E-state index contributed by atoms with van der Waals surface area (Å²) in [6.45, 7) is 4.35. The molecule has 1 atom stereocenters. The van der Waals surface area contributed by atoms with Crippen molar-refractivity contribution in [2.45, 2.75) is 26.1 Å². The van der Waals surface area contributed by atoms with Gasteiger partial charge in [-0.3, -0.25) is 4.79 Å². The molecule has 1 fully saturated rings. The van der Waals surface area contributed by atoms with Gasteiger partial charge >= 0.3 is 0 Å². The van der Waals surface area contributed by atoms with Crippen LogP contribution in [0.15, 0.2) is 6.20 Å². The van der Waals surface area contributed by atoms with Crippen molar-refractivity contribution >= 4 is 5.91 Å². The van der Waals surface area contributed by atoms with E-state index in [-0.39, 0.29) is 18.5 Å². The Balaban J connectivity index is 1.95. The second-order valence-corrected chi connectivity index (χ2v) is 4.12. The minimum atomic E-state index is 0.0364. The molecule has 2 N–H and O–H groups in total. The SMILES string of the molecule is CC1COCCN1C(=O)Cn1cc(CN)nn1. The van der Waals surface area contributed by atoms with Crippen LogP contribution in [-0.4, -0.2) is 51.6 Å². The number of nitrogens with zero attached hydrogens (tertiary/aromatic N) is 4. The summed E-state index contributed by atoms with van der Waals surface area (Å²) >= 11 is 0. The van der Waals surface area contributed by atoms with Crippen molar-refractivity contribution in [2.24, 2.45) is 5.73 Å². The summed E-state index contributed by atoms with van der Waals surface area (Å²) in [6.07, 6.45) is 1.70. The molecule has 0 aromatic carbocycles. The Bertz CT molecular complexity index is 392. The number of hydrogen-bond donors (Lipinski definition) is 1. The molecule has 0 aliphatic carbocycles. The Labute approximate surface area is 99.5 Å². The van der Waals surface area contributed by atoms with Crippen LogP contribution in [0.2, 0.25) is 0 Å². The fourth-order valence-electron chi connectivity index (χ4n) is 1.84. The van der Waals surface area contributed by atoms with Crippen molar-refractivity contribution in [3.05, 3.63) is 11.9 Å². The first kappa shape index (κ1) is 12.0. The van der Waals surface area contributed by atoms with Crippen LogP contribution in [0.4, 0.5) is 0 Å². The first-order chi connectivity index (χ1) is 8.20. The zero-order valence-electron chi connectivity index (χ0n) is 9.87. The standard InChI is InChI=1S/C10H17N5O2/c1-8-7-17-3-2-15(8)10(16)6-14-5-9(4-11)12-13-14/h5,8H,2-4,6-7,11H2,1H3. The molecule has 1 saturated heterocycles. The molecule has 7 heteroatoms. The molecule has 0 spiro atoms. The quantitative estimate of drug-likeness (QED) is 0.730. The van der Waals surface area contributed by atoms with Gasteiger partial charge in [-0.05, 0) is 6.92 Å². The van der Waals surface area contributed by atoms with Gasteiger partial charge in [-0.1, -0.05) is 5.21 Å². The fourth-order valence-corrected chi connectivity index (χ4v) is 1.84. The van der Waals surface area contributed by atoms with E-state index in [0.717, 1.165) is 0 Å². The topological polar surface area (TPSA) is 86.3 Å². The highest BCUT2D eigenvalue weighted by Gasteiger charge is 2.23. The smallest absolute Gasteiger partial charge is 0.244 e. The predicted octanol–water partition coefficient (Wildman–Crippen LogP) is -1.02. The molecule has 0 saturated carbocycles. The largest absolute Gasteiger partial charge is 0.377 e. The highest BCUT2D eigenvalue weighted by atomic mass is 16.5. The number of hydrogen-bond acceptors (Lipinski definition) is 5. The Morgan fingerprint density at radius 1 is 1.71 bits per heavy atom. The van der Waals surface area contributed by atoms with Crippen LogP contribution in [0, 0.1) is 0 Å². The van der Waals surface area contributed by atoms with E-state index in [1.807, 2.05) is 11.8 Å². The normalized spacial score (nSPS) is 20.6. The van der Waals surface area contributed by atoms with E-state index in [2.05, 4.69) is 10.3 Å². The van der Waals surface area contributed by atoms with E-state index in [0.29, 0.717) is 32.0 Å². The van der Waals surface area contributed by atoms with Gasteiger partial charge in [-0.15, -0.1) is 5.10 Å². The Kier molecular flexibility index (Phi) is 3.70. The summed E-state index contributed by atoms with van der Waals surface area (Å²) in [4.78, 5) is 13.8. The maximum Gasteiger partial charge on any atom is 0.244 e. The summed E-state index contributed by atoms with van der Waals surface area (Å²) < 4.78 is 6.81. The van der Waals surface area contributed by atoms with Crippen LogP contribution in [0.5, 0.6) is 0 Å². The minimum Gasteiger partial charge on any atom is -0.377 e. The molecule has 0 radical (unpaired) electrons. The summed E-state index contributed by atoms with van der Waals surface area (Å²) in [7, 11) is 0. The van der Waals surface area contributed by atoms with Crippen molar-refractivity contribution in [3.63, 3.8) is 0 Å². The molecule has 7 nitrogen and oxygen atoms in total. The van der Waals surface area contributed by atoms with Gasteiger partial charge in [0.2, 0.25) is 5.91 Å². The van der Waals surface area contributed by atoms with Crippen molar-refractivity contribution in [2.75, 3.05) is 19.8 Å². The van der Waals surface area contributed by atoms with E-state index < -0.39 is 0 Å². The second kappa shape index (κ2) is 5.24. The zero-order chi connectivity index (χ0) is 12.3. The highest BCUT2D eigenvalue weighted by molar-refractivity contribution is 5.76. The lowest BCUT2D eigenvalue weighted by atomic mass is 10.2. The Hall–Kier alpha value is -1.47. The first-order valence-corrected chi connectivity index (χ1v) is 5.67. The number of amides is 1. The summed E-state index contributed by atoms with van der Waals surface area (Å²) in [5, 5.41) is 7.70. The second-order valence-electron chi connectivity index (χ2n) is 4.12. The predicted molar refractivity (Wildman–Crippen MR) is 59.9 cm³/mol. The number of carbonyl (C=O) groups excluding carboxylic acids is 1. The van der Waals surface area contributed by atoms with Gasteiger partial charge in [0.05, 0.1) is 31.1 Å². The molecule has 1 aromatic heterocycles. The van der Waals surface area contributed by atoms with Crippen LogP contribution in [0.25, 0.3) is 0 Å². The third-order valence-corrected chi connectivity index (χ3v) is 2.78. The highest BCUT2D eigenvalue weighted by Crippen LogP contribution is 2.07. The molecule has 0 bridgehead atoms. The lowest BCUT2D eigenvalue weighted by Crippen LogP contribution is -2.48. The molecular formula is C10H17N5O2. The molecule has 17 heavy (non-hydrogen) atoms. The van der Waals surface area contributed by atoms with E-state index in [4.69, 9.17) is 10.5 Å². The molecule has 2 heterocycles. The number of nitrogens with two attached hydrogens (primary N) is 1. The molecule has 1 aliphatic heterocycles. The van der Waals surface area contributed by atoms with Gasteiger partial charge in [0.1, 0.15) is 6.54 Å². The van der Waals surface area contributed by atoms with Gasteiger partial charge in [0, 0.05) is 13.1 Å². The molecule has 1 amide bonds. The van der Waals surface area contributed by atoms with Gasteiger partial charge in [-0.2, -0.15) is 0 Å². The van der Waals surface area contributed by atoms with E-state index in [1.165, 1.54) is 4.68 Å². The molecule has 2 rings (SSSR count). The van der Waals surface area contributed by atoms with Crippen LogP contribution in [0.1, 0.15) is 12.6 Å². The number of rotatable bonds is 3. The van der Waals surface area contributed by atoms with Crippen LogP contribution >= 0.6 is 0 Å². The number of aromatic nitrogens is 3. The summed E-state index contributed by atoms with van der Waals surface area (Å²) in [5.74, 6) is 0.0364. The first-order valence-electron chi connectivity index (χ1n) is 5.67. The monoisotopic (exact) mass is 239 g/mol. The fraction of sp³-hybridized carbons (Fsp3) is 0.700. The maximum absolute atomic E-state index is 12.0. The van der Waals surface area contributed by atoms with Gasteiger partial charge in [0.25, 0.3) is 0 Å².